The van der Waals surface area contributed by atoms with Gasteiger partial charge in [0.05, 0.1) is 0 Å². The molecule has 1 aromatic rings. The van der Waals surface area contributed by atoms with E-state index >= 15 is 0 Å². The highest BCUT2D eigenvalue weighted by atomic mass is 16.4. The van der Waals surface area contributed by atoms with E-state index in [4.69, 9.17) is 10.9 Å². The van der Waals surface area contributed by atoms with E-state index in [1.807, 2.05) is 0 Å². The molecular formula is C15H21N3O. The molecule has 4 N–H and O–H groups in total. The summed E-state index contributed by atoms with van der Waals surface area (Å²) in [6.07, 6.45) is 5.39. The maximum atomic E-state index is 8.68. The molecule has 19 heavy (non-hydrogen) atoms. The van der Waals surface area contributed by atoms with E-state index in [9.17, 15) is 0 Å². The van der Waals surface area contributed by atoms with E-state index in [0.29, 0.717) is 18.3 Å². The standard InChI is InChI=1S/C15H21N3O/c16-14(18-19)9-15(7-8-15)10-17-13-6-5-11-3-1-2-4-12(11)13/h1-4,13,17,19H,5-10H2,(H2,16,18). The average molecular weight is 259 g/mol. The maximum absolute atomic E-state index is 8.68. The lowest BCUT2D eigenvalue weighted by Crippen LogP contribution is -2.30. The second-order valence-electron chi connectivity index (χ2n) is 5.94. The number of rotatable bonds is 5. The quantitative estimate of drug-likeness (QED) is 0.328. The normalized spacial score (nSPS) is 24.2. The van der Waals surface area contributed by atoms with Crippen LogP contribution in [0.4, 0.5) is 0 Å². The van der Waals surface area contributed by atoms with Crippen molar-refractivity contribution in [2.75, 3.05) is 6.54 Å². The van der Waals surface area contributed by atoms with E-state index in [1.165, 1.54) is 36.8 Å². The topological polar surface area (TPSA) is 70.6 Å². The van der Waals surface area contributed by atoms with Crippen LogP contribution in [-0.2, 0) is 6.42 Å². The smallest absolute Gasteiger partial charge is 0.139 e. The van der Waals surface area contributed by atoms with Gasteiger partial charge in [-0.2, -0.15) is 0 Å². The number of amidine groups is 1. The lowest BCUT2D eigenvalue weighted by atomic mass is 10.0. The first kappa shape index (κ1) is 12.5. The van der Waals surface area contributed by atoms with Crippen molar-refractivity contribution in [2.45, 2.75) is 38.1 Å². The molecule has 4 heteroatoms. The van der Waals surface area contributed by atoms with Crippen LogP contribution in [0.3, 0.4) is 0 Å². The lowest BCUT2D eigenvalue weighted by molar-refractivity contribution is 0.313. The van der Waals surface area contributed by atoms with Crippen molar-refractivity contribution in [3.05, 3.63) is 35.4 Å². The van der Waals surface area contributed by atoms with Gasteiger partial charge in [0, 0.05) is 19.0 Å². The third-order valence-electron chi connectivity index (χ3n) is 4.50. The average Bonchev–Trinajstić information content (AvgIpc) is 3.07. The molecule has 0 saturated heterocycles. The fourth-order valence-corrected chi connectivity index (χ4v) is 3.12. The zero-order chi connectivity index (χ0) is 13.3. The molecule has 1 saturated carbocycles. The highest BCUT2D eigenvalue weighted by molar-refractivity contribution is 5.80. The maximum Gasteiger partial charge on any atom is 0.139 e. The van der Waals surface area contributed by atoms with Gasteiger partial charge in [0.1, 0.15) is 5.84 Å². The van der Waals surface area contributed by atoms with Crippen LogP contribution >= 0.6 is 0 Å². The van der Waals surface area contributed by atoms with E-state index in [0.717, 1.165) is 6.54 Å². The van der Waals surface area contributed by atoms with E-state index < -0.39 is 0 Å². The van der Waals surface area contributed by atoms with Gasteiger partial charge in [0.15, 0.2) is 0 Å². The van der Waals surface area contributed by atoms with Crippen LogP contribution in [-0.4, -0.2) is 17.6 Å². The second kappa shape index (κ2) is 4.85. The Labute approximate surface area is 113 Å². The molecule has 0 amide bonds. The first-order valence-electron chi connectivity index (χ1n) is 7.00. The summed E-state index contributed by atoms with van der Waals surface area (Å²) in [5.41, 5.74) is 8.78. The van der Waals surface area contributed by atoms with Crippen LogP contribution in [0.5, 0.6) is 0 Å². The van der Waals surface area contributed by atoms with Gasteiger partial charge in [0.2, 0.25) is 0 Å². The van der Waals surface area contributed by atoms with Crippen molar-refractivity contribution in [3.8, 4) is 0 Å². The minimum absolute atomic E-state index is 0.230. The van der Waals surface area contributed by atoms with Crippen molar-refractivity contribution in [1.29, 1.82) is 0 Å². The SMILES string of the molecule is NC(CC1(CNC2CCc3ccccc32)CC1)=NO. The number of hydrogen-bond donors (Lipinski definition) is 3. The number of benzene rings is 1. The third kappa shape index (κ3) is 2.59. The summed E-state index contributed by atoms with van der Waals surface area (Å²) in [7, 11) is 0. The number of fused-ring (bicyclic) bond motifs is 1. The summed E-state index contributed by atoms with van der Waals surface area (Å²) in [5.74, 6) is 0.353. The van der Waals surface area contributed by atoms with E-state index in [2.05, 4.69) is 34.7 Å². The van der Waals surface area contributed by atoms with E-state index in [1.54, 1.807) is 0 Å². The molecule has 1 aromatic carbocycles. The molecule has 4 nitrogen and oxygen atoms in total. The van der Waals surface area contributed by atoms with Crippen LogP contribution in [0.2, 0.25) is 0 Å². The number of hydrogen-bond acceptors (Lipinski definition) is 3. The number of nitrogens with zero attached hydrogens (tertiary/aromatic N) is 1. The number of oxime groups is 1. The summed E-state index contributed by atoms with van der Waals surface area (Å²) < 4.78 is 0. The predicted octanol–water partition coefficient (Wildman–Crippen LogP) is 2.18. The van der Waals surface area contributed by atoms with Gasteiger partial charge in [-0.25, -0.2) is 0 Å². The van der Waals surface area contributed by atoms with Gasteiger partial charge in [-0.15, -0.1) is 0 Å². The Balaban J connectivity index is 1.59. The Morgan fingerprint density at radius 3 is 2.95 bits per heavy atom. The Bertz CT molecular complexity index is 494. The first-order valence-corrected chi connectivity index (χ1v) is 7.00. The van der Waals surface area contributed by atoms with Gasteiger partial charge < -0.3 is 16.3 Å². The summed E-state index contributed by atoms with van der Waals surface area (Å²) in [5, 5.41) is 15.5. The number of aryl methyl sites for hydroxylation is 1. The molecule has 2 aliphatic rings. The zero-order valence-corrected chi connectivity index (χ0v) is 11.1. The molecule has 0 radical (unpaired) electrons. The van der Waals surface area contributed by atoms with Crippen LogP contribution in [0.25, 0.3) is 0 Å². The molecule has 0 aromatic heterocycles. The van der Waals surface area contributed by atoms with Crippen LogP contribution in [0.1, 0.15) is 42.9 Å². The van der Waals surface area contributed by atoms with Gasteiger partial charge in [0.25, 0.3) is 0 Å². The summed E-state index contributed by atoms with van der Waals surface area (Å²) in [6, 6.07) is 9.15. The van der Waals surface area contributed by atoms with Crippen LogP contribution in [0, 0.1) is 5.41 Å². The van der Waals surface area contributed by atoms with Gasteiger partial charge in [-0.05, 0) is 42.2 Å². The minimum atomic E-state index is 0.230. The van der Waals surface area contributed by atoms with Crippen molar-refractivity contribution in [3.63, 3.8) is 0 Å². The fourth-order valence-electron chi connectivity index (χ4n) is 3.12. The van der Waals surface area contributed by atoms with E-state index in [-0.39, 0.29) is 5.41 Å². The highest BCUT2D eigenvalue weighted by Gasteiger charge is 2.43. The Morgan fingerprint density at radius 1 is 1.42 bits per heavy atom. The molecular weight excluding hydrogens is 238 g/mol. The van der Waals surface area contributed by atoms with Crippen molar-refractivity contribution >= 4 is 5.84 Å². The monoisotopic (exact) mass is 259 g/mol. The second-order valence-corrected chi connectivity index (χ2v) is 5.94. The summed E-state index contributed by atoms with van der Waals surface area (Å²) >= 11 is 0. The Hall–Kier alpha value is -1.55. The van der Waals surface area contributed by atoms with Crippen LogP contribution < -0.4 is 11.1 Å². The molecule has 1 fully saturated rings. The van der Waals surface area contributed by atoms with Gasteiger partial charge in [-0.1, -0.05) is 29.4 Å². The third-order valence-corrected chi connectivity index (χ3v) is 4.50. The minimum Gasteiger partial charge on any atom is -0.409 e. The molecule has 1 unspecified atom stereocenters. The fraction of sp³-hybridized carbons (Fsp3) is 0.533. The Morgan fingerprint density at radius 2 is 2.21 bits per heavy atom. The highest BCUT2D eigenvalue weighted by Crippen LogP contribution is 2.48. The molecule has 3 rings (SSSR count). The van der Waals surface area contributed by atoms with Gasteiger partial charge >= 0.3 is 0 Å². The molecule has 0 spiro atoms. The molecule has 102 valence electrons. The van der Waals surface area contributed by atoms with Crippen molar-refractivity contribution in [2.24, 2.45) is 16.3 Å². The number of nitrogens with one attached hydrogen (secondary N) is 1. The van der Waals surface area contributed by atoms with Crippen molar-refractivity contribution < 1.29 is 5.21 Å². The number of nitrogens with two attached hydrogens (primary N) is 1. The molecule has 1 atom stereocenters. The van der Waals surface area contributed by atoms with Gasteiger partial charge in [-0.3, -0.25) is 0 Å². The van der Waals surface area contributed by atoms with Crippen LogP contribution in [0.15, 0.2) is 29.4 Å². The zero-order valence-electron chi connectivity index (χ0n) is 11.1. The molecule has 0 bridgehead atoms. The predicted molar refractivity (Wildman–Crippen MR) is 75.2 cm³/mol. The lowest BCUT2D eigenvalue weighted by Gasteiger charge is -2.20. The largest absolute Gasteiger partial charge is 0.409 e. The molecule has 0 aliphatic heterocycles. The Kier molecular flexibility index (Phi) is 3.19. The first-order chi connectivity index (χ1) is 9.22. The molecule has 0 heterocycles. The van der Waals surface area contributed by atoms with Crippen molar-refractivity contribution in [1.82, 2.24) is 5.32 Å². The summed E-state index contributed by atoms with van der Waals surface area (Å²) in [4.78, 5) is 0. The molecule has 2 aliphatic carbocycles. The summed E-state index contributed by atoms with van der Waals surface area (Å²) in [6.45, 7) is 0.961.